The van der Waals surface area contributed by atoms with Gasteiger partial charge in [0, 0.05) is 31.1 Å². The fourth-order valence-electron chi connectivity index (χ4n) is 2.67. The number of aliphatic carboxylic acids is 1. The number of nitrogens with zero attached hydrogens (tertiary/aromatic N) is 2. The zero-order valence-corrected chi connectivity index (χ0v) is 12.6. The zero-order chi connectivity index (χ0) is 14.8. The maximum Gasteiger partial charge on any atom is 0.327 e. The van der Waals surface area contributed by atoms with Gasteiger partial charge in [0.15, 0.2) is 0 Å². The number of likely N-dealkylation sites (tertiary alicyclic amines) is 1. The first-order valence-electron chi connectivity index (χ1n) is 6.99. The van der Waals surface area contributed by atoms with Crippen molar-refractivity contribution in [2.24, 2.45) is 0 Å². The van der Waals surface area contributed by atoms with E-state index in [1.807, 2.05) is 0 Å². The molecule has 2 saturated heterocycles. The van der Waals surface area contributed by atoms with Crippen molar-refractivity contribution in [1.82, 2.24) is 9.80 Å². The number of rotatable bonds is 1. The number of thioether (sulfide) groups is 1. The molecule has 20 heavy (non-hydrogen) atoms. The summed E-state index contributed by atoms with van der Waals surface area (Å²) in [7, 11) is 0. The average molecular weight is 302 g/mol. The zero-order valence-electron chi connectivity index (χ0n) is 11.7. The van der Waals surface area contributed by atoms with Crippen LogP contribution in [0.2, 0.25) is 0 Å². The van der Waals surface area contributed by atoms with E-state index in [1.165, 1.54) is 4.90 Å². The molecule has 2 rings (SSSR count). The molecule has 0 saturated carbocycles. The molecule has 0 aromatic heterocycles. The number of aliphatic hydroxyl groups is 1. The molecular weight excluding hydrogens is 280 g/mol. The molecule has 7 heteroatoms. The second kappa shape index (κ2) is 6.22. The van der Waals surface area contributed by atoms with E-state index in [0.717, 1.165) is 12.2 Å². The maximum atomic E-state index is 12.5. The Balaban J connectivity index is 2.03. The molecule has 2 N–H and O–H groups in total. The molecule has 2 unspecified atom stereocenters. The van der Waals surface area contributed by atoms with Gasteiger partial charge in [0.2, 0.25) is 0 Å². The van der Waals surface area contributed by atoms with E-state index in [2.05, 4.69) is 0 Å². The molecule has 0 spiro atoms. The van der Waals surface area contributed by atoms with Crippen molar-refractivity contribution in [2.75, 3.05) is 31.1 Å². The molecule has 0 aromatic rings. The number of amides is 2. The Morgan fingerprint density at radius 3 is 2.70 bits per heavy atom. The standard InChI is InChI=1S/C13H22N2O4S/c1-13(19)3-2-5-14(6-4-13)12(18)15-7-8-20-9-10(15)11(16)17/h10,19H,2-9H2,1H3,(H,16,17). The van der Waals surface area contributed by atoms with Crippen LogP contribution in [-0.2, 0) is 4.79 Å². The Kier molecular flexibility index (Phi) is 4.80. The first kappa shape index (κ1) is 15.4. The van der Waals surface area contributed by atoms with Gasteiger partial charge in [-0.2, -0.15) is 11.8 Å². The van der Waals surface area contributed by atoms with Crippen LogP contribution >= 0.6 is 11.8 Å². The lowest BCUT2D eigenvalue weighted by molar-refractivity contribution is -0.141. The molecule has 2 atom stereocenters. The predicted molar refractivity (Wildman–Crippen MR) is 76.9 cm³/mol. The largest absolute Gasteiger partial charge is 0.480 e. The number of hydrogen-bond donors (Lipinski definition) is 2. The van der Waals surface area contributed by atoms with Crippen LogP contribution in [0.25, 0.3) is 0 Å². The molecular formula is C13H22N2O4S. The number of urea groups is 1. The number of carbonyl (C=O) groups is 2. The highest BCUT2D eigenvalue weighted by atomic mass is 32.2. The SMILES string of the molecule is CC1(O)CCCN(C(=O)N2CCSCC2C(=O)O)CC1. The average Bonchev–Trinajstić information content (AvgIpc) is 2.59. The van der Waals surface area contributed by atoms with Crippen molar-refractivity contribution in [3.8, 4) is 0 Å². The highest BCUT2D eigenvalue weighted by Gasteiger charge is 2.36. The van der Waals surface area contributed by atoms with Gasteiger partial charge < -0.3 is 20.0 Å². The van der Waals surface area contributed by atoms with Crippen molar-refractivity contribution in [3.63, 3.8) is 0 Å². The fourth-order valence-corrected chi connectivity index (χ4v) is 3.71. The summed E-state index contributed by atoms with van der Waals surface area (Å²) in [5, 5.41) is 19.3. The molecule has 0 radical (unpaired) electrons. The fraction of sp³-hybridized carbons (Fsp3) is 0.846. The van der Waals surface area contributed by atoms with Crippen LogP contribution < -0.4 is 0 Å². The Hall–Kier alpha value is -0.950. The molecule has 0 aromatic carbocycles. The highest BCUT2D eigenvalue weighted by molar-refractivity contribution is 7.99. The van der Waals surface area contributed by atoms with Crippen molar-refractivity contribution < 1.29 is 19.8 Å². The minimum absolute atomic E-state index is 0.199. The van der Waals surface area contributed by atoms with Gasteiger partial charge in [-0.05, 0) is 26.2 Å². The van der Waals surface area contributed by atoms with Crippen LogP contribution in [0.15, 0.2) is 0 Å². The summed E-state index contributed by atoms with van der Waals surface area (Å²) in [6.45, 7) is 3.35. The quantitative estimate of drug-likeness (QED) is 0.750. The van der Waals surface area contributed by atoms with Gasteiger partial charge in [0.25, 0.3) is 0 Å². The minimum atomic E-state index is -0.938. The molecule has 2 aliphatic rings. The minimum Gasteiger partial charge on any atom is -0.480 e. The van der Waals surface area contributed by atoms with Crippen molar-refractivity contribution in [2.45, 2.75) is 37.8 Å². The number of carbonyl (C=O) groups excluding carboxylic acids is 1. The number of carboxylic acid groups (broad SMARTS) is 1. The topological polar surface area (TPSA) is 81.1 Å². The van der Waals surface area contributed by atoms with E-state index < -0.39 is 17.6 Å². The summed E-state index contributed by atoms with van der Waals surface area (Å²) in [5.41, 5.74) is -0.723. The van der Waals surface area contributed by atoms with Crippen LogP contribution in [0.4, 0.5) is 4.79 Å². The van der Waals surface area contributed by atoms with Crippen molar-refractivity contribution in [3.05, 3.63) is 0 Å². The highest BCUT2D eigenvalue weighted by Crippen LogP contribution is 2.24. The number of hydrogen-bond acceptors (Lipinski definition) is 4. The molecule has 0 aliphatic carbocycles. The van der Waals surface area contributed by atoms with Crippen LogP contribution in [0.5, 0.6) is 0 Å². The second-order valence-electron chi connectivity index (χ2n) is 5.74. The maximum absolute atomic E-state index is 12.5. The molecule has 114 valence electrons. The van der Waals surface area contributed by atoms with Crippen LogP contribution in [0.3, 0.4) is 0 Å². The van der Waals surface area contributed by atoms with Gasteiger partial charge in [0.05, 0.1) is 5.60 Å². The van der Waals surface area contributed by atoms with Gasteiger partial charge in [-0.15, -0.1) is 0 Å². The van der Waals surface area contributed by atoms with E-state index in [-0.39, 0.29) is 6.03 Å². The monoisotopic (exact) mass is 302 g/mol. The summed E-state index contributed by atoms with van der Waals surface area (Å²) in [6.07, 6.45) is 1.97. The normalized spacial score (nSPS) is 31.8. The van der Waals surface area contributed by atoms with E-state index in [9.17, 15) is 19.8 Å². The van der Waals surface area contributed by atoms with E-state index in [4.69, 9.17) is 0 Å². The van der Waals surface area contributed by atoms with Gasteiger partial charge in [-0.1, -0.05) is 0 Å². The lowest BCUT2D eigenvalue weighted by atomic mass is 9.98. The third-order valence-corrected chi connectivity index (χ3v) is 5.02. The van der Waals surface area contributed by atoms with Gasteiger partial charge in [-0.3, -0.25) is 0 Å². The summed E-state index contributed by atoms with van der Waals surface area (Å²) < 4.78 is 0. The van der Waals surface area contributed by atoms with Gasteiger partial charge in [0.1, 0.15) is 6.04 Å². The third kappa shape index (κ3) is 3.58. The van der Waals surface area contributed by atoms with Crippen LogP contribution in [-0.4, -0.2) is 74.8 Å². The smallest absolute Gasteiger partial charge is 0.327 e. The van der Waals surface area contributed by atoms with Gasteiger partial charge in [-0.25, -0.2) is 9.59 Å². The Morgan fingerprint density at radius 2 is 2.00 bits per heavy atom. The number of carboxylic acids is 1. The van der Waals surface area contributed by atoms with Crippen molar-refractivity contribution in [1.29, 1.82) is 0 Å². The third-order valence-electron chi connectivity index (χ3n) is 3.99. The first-order chi connectivity index (χ1) is 9.41. The Labute approximate surface area is 123 Å². The Bertz CT molecular complexity index is 389. The summed E-state index contributed by atoms with van der Waals surface area (Å²) in [5.74, 6) is 0.292. The lowest BCUT2D eigenvalue weighted by Gasteiger charge is -2.36. The van der Waals surface area contributed by atoms with E-state index >= 15 is 0 Å². The summed E-state index contributed by atoms with van der Waals surface area (Å²) in [6, 6.07) is -0.930. The first-order valence-corrected chi connectivity index (χ1v) is 8.15. The van der Waals surface area contributed by atoms with E-state index in [1.54, 1.807) is 23.6 Å². The Morgan fingerprint density at radius 1 is 1.25 bits per heavy atom. The summed E-state index contributed by atoms with van der Waals surface area (Å²) >= 11 is 1.57. The molecule has 2 aliphatic heterocycles. The lowest BCUT2D eigenvalue weighted by Crippen LogP contribution is -2.55. The second-order valence-corrected chi connectivity index (χ2v) is 6.89. The molecule has 2 fully saturated rings. The molecule has 6 nitrogen and oxygen atoms in total. The molecule has 0 bridgehead atoms. The summed E-state index contributed by atoms with van der Waals surface area (Å²) in [4.78, 5) is 26.9. The van der Waals surface area contributed by atoms with Crippen molar-refractivity contribution >= 4 is 23.8 Å². The molecule has 2 amide bonds. The van der Waals surface area contributed by atoms with Crippen LogP contribution in [0.1, 0.15) is 26.2 Å². The van der Waals surface area contributed by atoms with E-state index in [0.29, 0.717) is 38.2 Å². The van der Waals surface area contributed by atoms with Gasteiger partial charge >= 0.3 is 12.0 Å². The molecule has 2 heterocycles. The predicted octanol–water partition coefficient (Wildman–Crippen LogP) is 0.845. The van der Waals surface area contributed by atoms with Crippen LogP contribution in [0, 0.1) is 0 Å².